The molecule has 2 aromatic carbocycles. The van der Waals surface area contributed by atoms with Gasteiger partial charge in [-0.15, -0.1) is 0 Å². The molecule has 2 amide bonds. The second-order valence-electron chi connectivity index (χ2n) is 5.38. The van der Waals surface area contributed by atoms with Gasteiger partial charge in [-0.3, -0.25) is 14.9 Å². The fourth-order valence-electron chi connectivity index (χ4n) is 2.30. The molecule has 1 aromatic heterocycles. The topological polar surface area (TPSA) is 103 Å². The van der Waals surface area contributed by atoms with Crippen molar-refractivity contribution in [1.29, 1.82) is 0 Å². The highest BCUT2D eigenvalue weighted by molar-refractivity contribution is 6.05. The monoisotopic (exact) mass is 367 g/mol. The second kappa shape index (κ2) is 8.05. The van der Waals surface area contributed by atoms with Gasteiger partial charge in [0.1, 0.15) is 6.26 Å². The van der Waals surface area contributed by atoms with Crippen LogP contribution in [0.3, 0.4) is 0 Å². The lowest BCUT2D eigenvalue weighted by Crippen LogP contribution is -2.14. The normalized spacial score (nSPS) is 10.1. The summed E-state index contributed by atoms with van der Waals surface area (Å²) >= 11 is 0. The molecule has 0 spiro atoms. The van der Waals surface area contributed by atoms with Crippen LogP contribution in [0.4, 0.5) is 11.7 Å². The number of amides is 2. The van der Waals surface area contributed by atoms with Gasteiger partial charge >= 0.3 is 6.01 Å². The van der Waals surface area contributed by atoms with Gasteiger partial charge in [0.25, 0.3) is 11.8 Å². The molecule has 2 N–H and O–H groups in total. The Balaban J connectivity index is 1.67. The lowest BCUT2D eigenvalue weighted by atomic mass is 10.2. The SMILES string of the molecule is COc1ccc(NC(=O)c2coc(NC(=O)c3ccccc3)n2)cc1OC. The van der Waals surface area contributed by atoms with Crippen LogP contribution < -0.4 is 20.1 Å². The number of methoxy groups -OCH3 is 2. The van der Waals surface area contributed by atoms with Crippen molar-refractivity contribution in [3.05, 3.63) is 66.1 Å². The Morgan fingerprint density at radius 1 is 0.926 bits per heavy atom. The molecule has 138 valence electrons. The summed E-state index contributed by atoms with van der Waals surface area (Å²) in [6.07, 6.45) is 1.16. The Morgan fingerprint density at radius 3 is 2.37 bits per heavy atom. The summed E-state index contributed by atoms with van der Waals surface area (Å²) in [6.45, 7) is 0. The zero-order valence-electron chi connectivity index (χ0n) is 14.7. The van der Waals surface area contributed by atoms with Crippen LogP contribution in [0.1, 0.15) is 20.8 Å². The molecule has 27 heavy (non-hydrogen) atoms. The second-order valence-corrected chi connectivity index (χ2v) is 5.38. The third kappa shape index (κ3) is 4.24. The zero-order valence-corrected chi connectivity index (χ0v) is 14.7. The summed E-state index contributed by atoms with van der Waals surface area (Å²) in [5.74, 6) is 0.143. The highest BCUT2D eigenvalue weighted by Crippen LogP contribution is 2.29. The first-order valence-corrected chi connectivity index (χ1v) is 7.96. The van der Waals surface area contributed by atoms with Gasteiger partial charge in [0.2, 0.25) is 0 Å². The van der Waals surface area contributed by atoms with E-state index in [-0.39, 0.29) is 17.6 Å². The summed E-state index contributed by atoms with van der Waals surface area (Å²) in [5.41, 5.74) is 0.968. The Hall–Kier alpha value is -3.81. The van der Waals surface area contributed by atoms with Crippen molar-refractivity contribution in [1.82, 2.24) is 4.98 Å². The number of nitrogens with one attached hydrogen (secondary N) is 2. The first kappa shape index (κ1) is 18.0. The number of benzene rings is 2. The number of aromatic nitrogens is 1. The van der Waals surface area contributed by atoms with Crippen LogP contribution in [-0.2, 0) is 0 Å². The number of rotatable bonds is 6. The van der Waals surface area contributed by atoms with E-state index in [2.05, 4.69) is 15.6 Å². The number of carbonyl (C=O) groups is 2. The molecule has 0 fully saturated rings. The fourth-order valence-corrected chi connectivity index (χ4v) is 2.30. The van der Waals surface area contributed by atoms with Crippen LogP contribution in [0.5, 0.6) is 11.5 Å². The van der Waals surface area contributed by atoms with Crippen molar-refractivity contribution < 1.29 is 23.5 Å². The molecular formula is C19H17N3O5. The van der Waals surface area contributed by atoms with E-state index in [1.165, 1.54) is 14.2 Å². The predicted molar refractivity (Wildman–Crippen MR) is 98.4 cm³/mol. The number of ether oxygens (including phenoxy) is 2. The molecule has 0 saturated heterocycles. The molecule has 0 radical (unpaired) electrons. The fraction of sp³-hybridized carbons (Fsp3) is 0.105. The number of carbonyl (C=O) groups excluding carboxylic acids is 2. The molecular weight excluding hydrogens is 350 g/mol. The van der Waals surface area contributed by atoms with Gasteiger partial charge < -0.3 is 19.2 Å². The van der Waals surface area contributed by atoms with Gasteiger partial charge in [0.05, 0.1) is 14.2 Å². The van der Waals surface area contributed by atoms with Crippen LogP contribution in [0.25, 0.3) is 0 Å². The Kier molecular flexibility index (Phi) is 5.36. The van der Waals surface area contributed by atoms with Gasteiger partial charge in [-0.05, 0) is 24.3 Å². The molecule has 0 aliphatic heterocycles. The summed E-state index contributed by atoms with van der Waals surface area (Å²) in [7, 11) is 3.03. The average molecular weight is 367 g/mol. The van der Waals surface area contributed by atoms with E-state index in [1.807, 2.05) is 0 Å². The smallest absolute Gasteiger partial charge is 0.302 e. The molecule has 0 unspecified atom stereocenters. The molecule has 0 saturated carbocycles. The van der Waals surface area contributed by atoms with Crippen molar-refractivity contribution in [3.8, 4) is 11.5 Å². The number of nitrogens with zero attached hydrogens (tertiary/aromatic N) is 1. The van der Waals surface area contributed by atoms with Crippen molar-refractivity contribution in [3.63, 3.8) is 0 Å². The van der Waals surface area contributed by atoms with Crippen LogP contribution in [-0.4, -0.2) is 31.0 Å². The molecule has 1 heterocycles. The summed E-state index contributed by atoms with van der Waals surface area (Å²) in [4.78, 5) is 28.4. The van der Waals surface area contributed by atoms with Gasteiger partial charge in [-0.1, -0.05) is 18.2 Å². The Labute approximate surface area is 155 Å². The van der Waals surface area contributed by atoms with E-state index in [9.17, 15) is 9.59 Å². The minimum absolute atomic E-state index is 0.0214. The maximum Gasteiger partial charge on any atom is 0.302 e. The number of anilines is 2. The van der Waals surface area contributed by atoms with E-state index >= 15 is 0 Å². The zero-order chi connectivity index (χ0) is 19.2. The van der Waals surface area contributed by atoms with Gasteiger partial charge in [0, 0.05) is 17.3 Å². The van der Waals surface area contributed by atoms with E-state index in [0.29, 0.717) is 22.7 Å². The van der Waals surface area contributed by atoms with E-state index in [0.717, 1.165) is 6.26 Å². The van der Waals surface area contributed by atoms with Crippen molar-refractivity contribution in [2.24, 2.45) is 0 Å². The van der Waals surface area contributed by atoms with Crippen LogP contribution in [0.2, 0.25) is 0 Å². The van der Waals surface area contributed by atoms with E-state index in [1.54, 1.807) is 48.5 Å². The highest BCUT2D eigenvalue weighted by Gasteiger charge is 2.16. The first-order chi connectivity index (χ1) is 13.1. The molecule has 8 heteroatoms. The number of oxazole rings is 1. The maximum atomic E-state index is 12.3. The predicted octanol–water partition coefficient (Wildman–Crippen LogP) is 3.20. The largest absolute Gasteiger partial charge is 0.493 e. The van der Waals surface area contributed by atoms with Crippen molar-refractivity contribution in [2.45, 2.75) is 0 Å². The lowest BCUT2D eigenvalue weighted by Gasteiger charge is -2.09. The van der Waals surface area contributed by atoms with Crippen LogP contribution >= 0.6 is 0 Å². The molecule has 0 aliphatic rings. The van der Waals surface area contributed by atoms with Crippen molar-refractivity contribution >= 4 is 23.5 Å². The van der Waals surface area contributed by atoms with Gasteiger partial charge in [-0.2, -0.15) is 4.98 Å². The molecule has 0 bridgehead atoms. The van der Waals surface area contributed by atoms with E-state index in [4.69, 9.17) is 13.9 Å². The molecule has 0 aliphatic carbocycles. The number of hydrogen-bond acceptors (Lipinski definition) is 6. The Bertz CT molecular complexity index is 953. The summed E-state index contributed by atoms with van der Waals surface area (Å²) in [5, 5.41) is 5.17. The molecule has 3 rings (SSSR count). The summed E-state index contributed by atoms with van der Waals surface area (Å²) in [6, 6.07) is 13.5. The quantitative estimate of drug-likeness (QED) is 0.694. The number of hydrogen-bond donors (Lipinski definition) is 2. The lowest BCUT2D eigenvalue weighted by molar-refractivity contribution is 0.101. The molecule has 0 atom stereocenters. The highest BCUT2D eigenvalue weighted by atomic mass is 16.5. The third-order valence-electron chi connectivity index (χ3n) is 3.63. The van der Waals surface area contributed by atoms with Crippen LogP contribution in [0, 0.1) is 0 Å². The van der Waals surface area contributed by atoms with Gasteiger partial charge in [-0.25, -0.2) is 0 Å². The maximum absolute atomic E-state index is 12.3. The minimum Gasteiger partial charge on any atom is -0.493 e. The van der Waals surface area contributed by atoms with E-state index < -0.39 is 5.91 Å². The minimum atomic E-state index is -0.494. The standard InChI is InChI=1S/C19H17N3O5/c1-25-15-9-8-13(10-16(15)26-2)20-18(24)14-11-27-19(21-14)22-17(23)12-6-4-3-5-7-12/h3-11H,1-2H3,(H,20,24)(H,21,22,23). The Morgan fingerprint density at radius 2 is 1.67 bits per heavy atom. The third-order valence-corrected chi connectivity index (χ3v) is 3.63. The first-order valence-electron chi connectivity index (χ1n) is 7.96. The van der Waals surface area contributed by atoms with Gasteiger partial charge in [0.15, 0.2) is 17.2 Å². The molecule has 8 nitrogen and oxygen atoms in total. The summed E-state index contributed by atoms with van der Waals surface area (Å²) < 4.78 is 15.5. The average Bonchev–Trinajstić information content (AvgIpc) is 3.17. The van der Waals surface area contributed by atoms with Crippen molar-refractivity contribution in [2.75, 3.05) is 24.9 Å². The molecule has 3 aromatic rings. The van der Waals surface area contributed by atoms with Crippen LogP contribution in [0.15, 0.2) is 59.2 Å².